The predicted octanol–water partition coefficient (Wildman–Crippen LogP) is 3.64. The molecule has 3 heterocycles. The van der Waals surface area contributed by atoms with E-state index < -0.39 is 23.0 Å². The van der Waals surface area contributed by atoms with Crippen LogP contribution >= 0.6 is 0 Å². The van der Waals surface area contributed by atoms with E-state index in [1.54, 1.807) is 24.3 Å². The molecular weight excluding hydrogens is 446 g/mol. The average molecular weight is 476 g/mol. The Balaban J connectivity index is 1.67. The van der Waals surface area contributed by atoms with E-state index in [-0.39, 0.29) is 18.1 Å². The van der Waals surface area contributed by atoms with Gasteiger partial charge < -0.3 is 9.84 Å². The normalized spacial score (nSPS) is 20.3. The first-order chi connectivity index (χ1) is 16.7. The monoisotopic (exact) mass is 475 g/mol. The molecule has 0 bridgehead atoms. The number of Topliss-reactive ketones (excluding diaryl/α,β-unsaturated/α-hetero) is 1. The third kappa shape index (κ3) is 3.73. The molecular formula is C27H29N3O5. The number of aryl methyl sites for hydroxylation is 1. The highest BCUT2D eigenvalue weighted by atomic mass is 16.5. The lowest BCUT2D eigenvalue weighted by Gasteiger charge is -2.44. The number of ketones is 1. The number of allylic oxidation sites excluding steroid dienone is 1. The fourth-order valence-electron chi connectivity index (χ4n) is 5.17. The number of phenols is 1. The third-order valence-corrected chi connectivity index (χ3v) is 7.02. The summed E-state index contributed by atoms with van der Waals surface area (Å²) >= 11 is 0. The smallest absolute Gasteiger partial charge is 0.352 e. The Morgan fingerprint density at radius 3 is 2.57 bits per heavy atom. The molecule has 2 aliphatic heterocycles. The lowest BCUT2D eigenvalue weighted by atomic mass is 9.79. The van der Waals surface area contributed by atoms with Crippen molar-refractivity contribution in [1.29, 1.82) is 0 Å². The topological polar surface area (TPSA) is 95.5 Å². The van der Waals surface area contributed by atoms with Gasteiger partial charge in [0.2, 0.25) is 0 Å². The number of carbonyl (C=O) groups is 1. The van der Waals surface area contributed by atoms with Crippen LogP contribution < -0.4 is 16.1 Å². The summed E-state index contributed by atoms with van der Waals surface area (Å²) in [6.45, 7) is 6.04. The Morgan fingerprint density at radius 1 is 1.11 bits per heavy atom. The predicted molar refractivity (Wildman–Crippen MR) is 132 cm³/mol. The minimum absolute atomic E-state index is 0.0401. The summed E-state index contributed by atoms with van der Waals surface area (Å²) in [6, 6.07) is 11.5. The highest BCUT2D eigenvalue weighted by Gasteiger charge is 2.46. The number of hydrogen-bond acceptors (Lipinski definition) is 5. The van der Waals surface area contributed by atoms with E-state index in [1.165, 1.54) is 20.0 Å². The summed E-state index contributed by atoms with van der Waals surface area (Å²) in [7, 11) is 0. The summed E-state index contributed by atoms with van der Waals surface area (Å²) < 4.78 is 10.5. The molecule has 0 saturated carbocycles. The van der Waals surface area contributed by atoms with Crippen molar-refractivity contribution in [3.05, 3.63) is 86.2 Å². The van der Waals surface area contributed by atoms with Gasteiger partial charge >= 0.3 is 11.4 Å². The van der Waals surface area contributed by atoms with Crippen LogP contribution in [0.25, 0.3) is 5.69 Å². The molecule has 2 unspecified atom stereocenters. The zero-order valence-electron chi connectivity index (χ0n) is 20.2. The van der Waals surface area contributed by atoms with Gasteiger partial charge in [-0.2, -0.15) is 0 Å². The summed E-state index contributed by atoms with van der Waals surface area (Å²) in [6.07, 6.45) is 4.00. The molecule has 0 amide bonds. The Bertz CT molecular complexity index is 1460. The van der Waals surface area contributed by atoms with E-state index in [0.717, 1.165) is 17.6 Å². The van der Waals surface area contributed by atoms with Crippen molar-refractivity contribution in [2.75, 3.05) is 0 Å². The summed E-state index contributed by atoms with van der Waals surface area (Å²) in [5.74, 6) is 0.637. The average Bonchev–Trinajstić information content (AvgIpc) is 3.08. The number of fused-ring (bicyclic) bond motifs is 5. The second-order valence-electron chi connectivity index (χ2n) is 9.57. The molecule has 0 radical (unpaired) electrons. The second kappa shape index (κ2) is 8.45. The molecule has 1 N–H and O–H groups in total. The van der Waals surface area contributed by atoms with Crippen molar-refractivity contribution in [2.45, 2.75) is 64.6 Å². The molecule has 2 atom stereocenters. The van der Waals surface area contributed by atoms with Crippen molar-refractivity contribution in [3.8, 4) is 17.2 Å². The first-order valence-corrected chi connectivity index (χ1v) is 12.0. The van der Waals surface area contributed by atoms with E-state index in [9.17, 15) is 19.5 Å². The van der Waals surface area contributed by atoms with Crippen LogP contribution in [0.5, 0.6) is 11.5 Å². The van der Waals surface area contributed by atoms with Crippen molar-refractivity contribution in [3.63, 3.8) is 0 Å². The molecule has 0 fully saturated rings. The molecule has 35 heavy (non-hydrogen) atoms. The maximum Gasteiger partial charge on any atom is 0.352 e. The molecule has 0 saturated heterocycles. The standard InChI is InChI=1S/C27H29N3O5/c1-4-5-19(31)12-14-27(3)22-13-15-28-25(33)29(18-8-6-17(2)7-9-18)26(34)30(28)24(22)21-11-10-20(32)16-23(21)35-27/h6-11,13,16,24,32H,4-5,12,14-15H2,1-3H3. The van der Waals surface area contributed by atoms with Crippen molar-refractivity contribution in [2.24, 2.45) is 0 Å². The Morgan fingerprint density at radius 2 is 1.86 bits per heavy atom. The fourth-order valence-corrected chi connectivity index (χ4v) is 5.17. The van der Waals surface area contributed by atoms with Gasteiger partial charge in [-0.25, -0.2) is 23.5 Å². The van der Waals surface area contributed by atoms with Gasteiger partial charge in [-0.1, -0.05) is 30.7 Å². The number of benzene rings is 2. The molecule has 8 heteroatoms. The summed E-state index contributed by atoms with van der Waals surface area (Å²) in [5, 5.41) is 10.1. The molecule has 5 rings (SSSR count). The van der Waals surface area contributed by atoms with Crippen LogP contribution in [-0.4, -0.2) is 30.4 Å². The van der Waals surface area contributed by atoms with Gasteiger partial charge in [0.1, 0.15) is 28.9 Å². The van der Waals surface area contributed by atoms with Crippen molar-refractivity contribution < 1.29 is 14.6 Å². The lowest BCUT2D eigenvalue weighted by Crippen LogP contribution is -2.48. The van der Waals surface area contributed by atoms with Gasteiger partial charge in [0.25, 0.3) is 0 Å². The van der Waals surface area contributed by atoms with Crippen LogP contribution in [0.2, 0.25) is 0 Å². The molecule has 2 aromatic carbocycles. The Hall–Kier alpha value is -3.81. The van der Waals surface area contributed by atoms with Crippen LogP contribution in [0.3, 0.4) is 0 Å². The largest absolute Gasteiger partial charge is 0.508 e. The van der Waals surface area contributed by atoms with Gasteiger partial charge in [-0.3, -0.25) is 4.79 Å². The van der Waals surface area contributed by atoms with Gasteiger partial charge in [-0.15, -0.1) is 0 Å². The number of carbonyl (C=O) groups excluding carboxylic acids is 1. The number of nitrogens with zero attached hydrogens (tertiary/aromatic N) is 3. The minimum Gasteiger partial charge on any atom is -0.508 e. The molecule has 0 aliphatic carbocycles. The van der Waals surface area contributed by atoms with Crippen molar-refractivity contribution in [1.82, 2.24) is 13.9 Å². The van der Waals surface area contributed by atoms with Gasteiger partial charge in [0, 0.05) is 24.5 Å². The van der Waals surface area contributed by atoms with E-state index in [4.69, 9.17) is 4.74 Å². The molecule has 1 aromatic heterocycles. The van der Waals surface area contributed by atoms with Crippen LogP contribution in [0, 0.1) is 6.92 Å². The quantitative estimate of drug-likeness (QED) is 0.549. The first-order valence-electron chi connectivity index (χ1n) is 12.0. The van der Waals surface area contributed by atoms with Crippen molar-refractivity contribution >= 4 is 5.78 Å². The maximum atomic E-state index is 13.7. The maximum absolute atomic E-state index is 13.7. The Kier molecular flexibility index (Phi) is 5.54. The third-order valence-electron chi connectivity index (χ3n) is 7.02. The summed E-state index contributed by atoms with van der Waals surface area (Å²) in [4.78, 5) is 39.5. The van der Waals surface area contributed by atoms with E-state index in [0.29, 0.717) is 36.3 Å². The Labute approximate surface area is 202 Å². The van der Waals surface area contributed by atoms with E-state index in [1.807, 2.05) is 39.0 Å². The highest BCUT2D eigenvalue weighted by molar-refractivity contribution is 5.78. The first kappa shape index (κ1) is 23.0. The van der Waals surface area contributed by atoms with Gasteiger partial charge in [0.05, 0.1) is 12.2 Å². The number of aromatic nitrogens is 3. The fraction of sp³-hybridized carbons (Fsp3) is 0.370. The summed E-state index contributed by atoms with van der Waals surface area (Å²) in [5.41, 5.74) is 1.32. The molecule has 0 spiro atoms. The number of aromatic hydroxyl groups is 1. The molecule has 8 nitrogen and oxygen atoms in total. The SMILES string of the molecule is CCCC(=O)CCC1(C)Oc2cc(O)ccc2C2C1=CCn1c(=O)n(-c3ccc(C)cc3)c(=O)n12. The highest BCUT2D eigenvalue weighted by Crippen LogP contribution is 2.48. The van der Waals surface area contributed by atoms with Gasteiger partial charge in [0.15, 0.2) is 0 Å². The number of ether oxygens (including phenoxy) is 1. The van der Waals surface area contributed by atoms with Crippen LogP contribution in [0.1, 0.15) is 56.7 Å². The molecule has 3 aromatic rings. The number of phenolic OH excluding ortho intramolecular Hbond substituents is 1. The zero-order chi connectivity index (χ0) is 24.9. The number of hydrogen-bond donors (Lipinski definition) is 1. The van der Waals surface area contributed by atoms with Crippen LogP contribution in [0.4, 0.5) is 0 Å². The van der Waals surface area contributed by atoms with E-state index >= 15 is 0 Å². The second-order valence-corrected chi connectivity index (χ2v) is 9.57. The van der Waals surface area contributed by atoms with Gasteiger partial charge in [-0.05, 0) is 56.5 Å². The van der Waals surface area contributed by atoms with Crippen LogP contribution in [-0.2, 0) is 11.3 Å². The number of rotatable bonds is 6. The molecule has 182 valence electrons. The van der Waals surface area contributed by atoms with Crippen LogP contribution in [0.15, 0.2) is 63.7 Å². The van der Waals surface area contributed by atoms with E-state index in [2.05, 4.69) is 0 Å². The lowest BCUT2D eigenvalue weighted by molar-refractivity contribution is -0.120. The zero-order valence-corrected chi connectivity index (χ0v) is 20.2. The minimum atomic E-state index is -0.873. The molecule has 2 aliphatic rings.